The highest BCUT2D eigenvalue weighted by Gasteiger charge is 2.32. The van der Waals surface area contributed by atoms with Crippen LogP contribution in [-0.2, 0) is 27.9 Å². The molecule has 1 unspecified atom stereocenters. The van der Waals surface area contributed by atoms with Gasteiger partial charge < -0.3 is 10.0 Å². The molecule has 1 aliphatic rings. The first-order valence-corrected chi connectivity index (χ1v) is 11.1. The zero-order valence-corrected chi connectivity index (χ0v) is 17.0. The molecule has 9 heteroatoms. The van der Waals surface area contributed by atoms with E-state index in [4.69, 9.17) is 5.14 Å². The third-order valence-corrected chi connectivity index (χ3v) is 6.27. The molecular weight excluding hydrogens is 404 g/mol. The van der Waals surface area contributed by atoms with Gasteiger partial charge in [-0.25, -0.2) is 13.6 Å². The molecule has 0 aliphatic carbocycles. The van der Waals surface area contributed by atoms with E-state index in [9.17, 15) is 18.3 Å². The molecule has 1 amide bonds. The van der Waals surface area contributed by atoms with Crippen LogP contribution in [0.1, 0.15) is 29.2 Å². The van der Waals surface area contributed by atoms with Crippen LogP contribution in [0.5, 0.6) is 0 Å². The fraction of sp³-hybridized carbons (Fsp3) is 0.238. The molecule has 0 radical (unpaired) electrons. The SMILES string of the molecule is NS(=O)(=O)c1ccc(-c2n[nH]c3c2CN(C(=O)C(CCO)c2ccccc2)C3)cc1. The van der Waals surface area contributed by atoms with Gasteiger partial charge >= 0.3 is 0 Å². The molecule has 0 bridgehead atoms. The first kappa shape index (κ1) is 20.3. The van der Waals surface area contributed by atoms with Crippen LogP contribution in [0.25, 0.3) is 11.3 Å². The van der Waals surface area contributed by atoms with Gasteiger partial charge in [0.05, 0.1) is 35.3 Å². The number of hydrogen-bond acceptors (Lipinski definition) is 5. The second-order valence-electron chi connectivity index (χ2n) is 7.27. The van der Waals surface area contributed by atoms with Gasteiger partial charge in [-0.15, -0.1) is 0 Å². The topological polar surface area (TPSA) is 129 Å². The van der Waals surface area contributed by atoms with E-state index in [0.29, 0.717) is 25.2 Å². The number of aliphatic hydroxyl groups is 1. The summed E-state index contributed by atoms with van der Waals surface area (Å²) in [5.41, 5.74) is 4.06. The molecule has 3 aromatic rings. The fourth-order valence-corrected chi connectivity index (χ4v) is 4.32. The van der Waals surface area contributed by atoms with Crippen molar-refractivity contribution in [2.75, 3.05) is 6.61 Å². The van der Waals surface area contributed by atoms with Crippen LogP contribution >= 0.6 is 0 Å². The Kier molecular flexibility index (Phi) is 5.42. The van der Waals surface area contributed by atoms with Crippen LogP contribution < -0.4 is 5.14 Å². The van der Waals surface area contributed by atoms with E-state index in [2.05, 4.69) is 10.2 Å². The lowest BCUT2D eigenvalue weighted by Gasteiger charge is -2.23. The first-order chi connectivity index (χ1) is 14.4. The van der Waals surface area contributed by atoms with E-state index in [0.717, 1.165) is 22.4 Å². The Labute approximate surface area is 174 Å². The second-order valence-corrected chi connectivity index (χ2v) is 8.83. The van der Waals surface area contributed by atoms with Crippen LogP contribution in [0.3, 0.4) is 0 Å². The monoisotopic (exact) mass is 426 g/mol. The predicted octanol–water partition coefficient (Wildman–Crippen LogP) is 1.73. The molecule has 2 heterocycles. The summed E-state index contributed by atoms with van der Waals surface area (Å²) < 4.78 is 22.9. The number of carbonyl (C=O) groups is 1. The smallest absolute Gasteiger partial charge is 0.238 e. The number of sulfonamides is 1. The average Bonchev–Trinajstić information content (AvgIpc) is 3.32. The molecule has 1 aliphatic heterocycles. The van der Waals surface area contributed by atoms with Gasteiger partial charge in [0.25, 0.3) is 0 Å². The van der Waals surface area contributed by atoms with Crippen molar-refractivity contribution in [3.8, 4) is 11.3 Å². The molecule has 156 valence electrons. The van der Waals surface area contributed by atoms with E-state index in [1.165, 1.54) is 12.1 Å². The number of aromatic nitrogens is 2. The van der Waals surface area contributed by atoms with E-state index in [1.807, 2.05) is 30.3 Å². The summed E-state index contributed by atoms with van der Waals surface area (Å²) in [6.45, 7) is 0.727. The summed E-state index contributed by atoms with van der Waals surface area (Å²) in [5.74, 6) is -0.457. The number of nitrogens with zero attached hydrogens (tertiary/aromatic N) is 2. The highest BCUT2D eigenvalue weighted by atomic mass is 32.2. The predicted molar refractivity (Wildman–Crippen MR) is 111 cm³/mol. The number of amides is 1. The number of hydrogen-bond donors (Lipinski definition) is 3. The Bertz CT molecular complexity index is 1160. The summed E-state index contributed by atoms with van der Waals surface area (Å²) >= 11 is 0. The lowest BCUT2D eigenvalue weighted by molar-refractivity contribution is -0.133. The standard InChI is InChI=1S/C21H22N4O4S/c22-30(28,29)16-8-6-15(7-9-16)20-18-12-25(13-19(18)23-24-20)21(27)17(10-11-26)14-4-2-1-3-5-14/h1-9,17,26H,10-13H2,(H,23,24)(H2,22,28,29). The van der Waals surface area contributed by atoms with Crippen molar-refractivity contribution in [2.45, 2.75) is 30.3 Å². The lowest BCUT2D eigenvalue weighted by atomic mass is 9.94. The lowest BCUT2D eigenvalue weighted by Crippen LogP contribution is -2.31. The Morgan fingerprint density at radius 3 is 2.47 bits per heavy atom. The maximum absolute atomic E-state index is 13.2. The van der Waals surface area contributed by atoms with Gasteiger partial charge in [-0.2, -0.15) is 5.10 Å². The van der Waals surface area contributed by atoms with Crippen molar-refractivity contribution in [1.82, 2.24) is 15.1 Å². The summed E-state index contributed by atoms with van der Waals surface area (Å²) in [6.07, 6.45) is 0.355. The van der Waals surface area contributed by atoms with Crippen molar-refractivity contribution in [1.29, 1.82) is 0 Å². The highest BCUT2D eigenvalue weighted by molar-refractivity contribution is 7.89. The molecule has 1 atom stereocenters. The zero-order chi connectivity index (χ0) is 21.3. The maximum atomic E-state index is 13.2. The summed E-state index contributed by atoms with van der Waals surface area (Å²) in [5, 5.41) is 22.0. The normalized spacial score (nSPS) is 14.5. The van der Waals surface area contributed by atoms with Gasteiger partial charge in [-0.3, -0.25) is 9.89 Å². The second kappa shape index (κ2) is 8.02. The van der Waals surface area contributed by atoms with E-state index in [1.54, 1.807) is 17.0 Å². The van der Waals surface area contributed by atoms with Gasteiger partial charge in [0.1, 0.15) is 0 Å². The van der Waals surface area contributed by atoms with E-state index in [-0.39, 0.29) is 17.4 Å². The van der Waals surface area contributed by atoms with Crippen molar-refractivity contribution in [3.05, 3.63) is 71.4 Å². The largest absolute Gasteiger partial charge is 0.396 e. The van der Waals surface area contributed by atoms with Gasteiger partial charge in [0, 0.05) is 17.7 Å². The zero-order valence-electron chi connectivity index (χ0n) is 16.2. The number of fused-ring (bicyclic) bond motifs is 1. The molecule has 30 heavy (non-hydrogen) atoms. The molecule has 4 rings (SSSR count). The molecule has 0 fully saturated rings. The minimum atomic E-state index is -3.76. The first-order valence-electron chi connectivity index (χ1n) is 9.52. The van der Waals surface area contributed by atoms with Crippen LogP contribution in [0.15, 0.2) is 59.5 Å². The number of rotatable bonds is 6. The Hall–Kier alpha value is -3.01. The number of carbonyl (C=O) groups excluding carboxylic acids is 1. The molecule has 0 spiro atoms. The number of aliphatic hydroxyl groups excluding tert-OH is 1. The van der Waals surface area contributed by atoms with Crippen LogP contribution in [-0.4, -0.2) is 41.1 Å². The number of nitrogens with one attached hydrogen (secondary N) is 1. The van der Waals surface area contributed by atoms with E-state index < -0.39 is 15.9 Å². The molecule has 1 aromatic heterocycles. The average molecular weight is 426 g/mol. The molecule has 8 nitrogen and oxygen atoms in total. The van der Waals surface area contributed by atoms with Gasteiger partial charge in [0.15, 0.2) is 0 Å². The number of nitrogens with two attached hydrogens (primary N) is 1. The number of H-pyrrole nitrogens is 1. The quantitative estimate of drug-likeness (QED) is 0.553. The molecule has 0 saturated carbocycles. The third-order valence-electron chi connectivity index (χ3n) is 5.34. The van der Waals surface area contributed by atoms with Crippen molar-refractivity contribution >= 4 is 15.9 Å². The molecule has 0 saturated heterocycles. The molecular formula is C21H22N4O4S. The third kappa shape index (κ3) is 3.87. The van der Waals surface area contributed by atoms with E-state index >= 15 is 0 Å². The van der Waals surface area contributed by atoms with Gasteiger partial charge in [-0.05, 0) is 24.1 Å². The minimum Gasteiger partial charge on any atom is -0.396 e. The van der Waals surface area contributed by atoms with Crippen molar-refractivity contribution < 1.29 is 18.3 Å². The van der Waals surface area contributed by atoms with Gasteiger partial charge in [-0.1, -0.05) is 42.5 Å². The van der Waals surface area contributed by atoms with Crippen LogP contribution in [0, 0.1) is 0 Å². The van der Waals surface area contributed by atoms with Crippen LogP contribution in [0.4, 0.5) is 0 Å². The summed E-state index contributed by atoms with van der Waals surface area (Å²) in [6, 6.07) is 15.6. The maximum Gasteiger partial charge on any atom is 0.238 e. The fourth-order valence-electron chi connectivity index (χ4n) is 3.80. The number of benzene rings is 2. The minimum absolute atomic E-state index is 0.0324. The Balaban J connectivity index is 1.57. The summed E-state index contributed by atoms with van der Waals surface area (Å²) in [7, 11) is -3.76. The molecule has 2 aromatic carbocycles. The van der Waals surface area contributed by atoms with Crippen LogP contribution in [0.2, 0.25) is 0 Å². The molecule has 4 N–H and O–H groups in total. The van der Waals surface area contributed by atoms with Gasteiger partial charge in [0.2, 0.25) is 15.9 Å². The Morgan fingerprint density at radius 1 is 1.13 bits per heavy atom. The van der Waals surface area contributed by atoms with Crippen molar-refractivity contribution in [3.63, 3.8) is 0 Å². The Morgan fingerprint density at radius 2 is 1.83 bits per heavy atom. The highest BCUT2D eigenvalue weighted by Crippen LogP contribution is 2.33. The summed E-state index contributed by atoms with van der Waals surface area (Å²) in [4.78, 5) is 15.0. The number of aromatic amines is 1. The van der Waals surface area contributed by atoms with Crippen molar-refractivity contribution in [2.24, 2.45) is 5.14 Å². The number of primary sulfonamides is 1.